The van der Waals surface area contributed by atoms with Crippen molar-refractivity contribution in [3.63, 3.8) is 0 Å². The molecule has 1 aromatic rings. The Kier molecular flexibility index (Phi) is 4.70. The summed E-state index contributed by atoms with van der Waals surface area (Å²) in [4.78, 5) is 0. The molecule has 15 heavy (non-hydrogen) atoms. The first-order chi connectivity index (χ1) is 7.26. The summed E-state index contributed by atoms with van der Waals surface area (Å²) in [5, 5.41) is 8.52. The topological polar surface area (TPSA) is 33.0 Å². The van der Waals surface area contributed by atoms with Crippen molar-refractivity contribution >= 4 is 0 Å². The summed E-state index contributed by atoms with van der Waals surface area (Å²) in [5.74, 6) is 0.887. The Morgan fingerprint density at radius 2 is 2.00 bits per heavy atom. The summed E-state index contributed by atoms with van der Waals surface area (Å²) in [6.07, 6.45) is 2.93. The van der Waals surface area contributed by atoms with Gasteiger partial charge in [0.1, 0.15) is 5.75 Å². The molecule has 0 saturated heterocycles. The van der Waals surface area contributed by atoms with Crippen LogP contribution in [0.15, 0.2) is 24.3 Å². The Balaban J connectivity index is 2.53. The molecule has 1 atom stereocenters. The monoisotopic (exact) mass is 203 g/mol. The van der Waals surface area contributed by atoms with Crippen LogP contribution in [0.4, 0.5) is 0 Å². The van der Waals surface area contributed by atoms with E-state index >= 15 is 0 Å². The fourth-order valence-corrected chi connectivity index (χ4v) is 1.47. The Morgan fingerprint density at radius 3 is 2.53 bits per heavy atom. The van der Waals surface area contributed by atoms with Gasteiger partial charge in [-0.15, -0.1) is 0 Å². The lowest BCUT2D eigenvalue weighted by atomic mass is 10.1. The van der Waals surface area contributed by atoms with E-state index in [9.17, 15) is 0 Å². The number of benzene rings is 1. The first kappa shape index (κ1) is 11.6. The van der Waals surface area contributed by atoms with Crippen molar-refractivity contribution < 1.29 is 4.74 Å². The van der Waals surface area contributed by atoms with E-state index in [0.717, 1.165) is 24.2 Å². The molecule has 0 radical (unpaired) electrons. The standard InChI is InChI=1S/C13H17NO/c1-3-4-11(2)15-13-7-5-12(6-8-13)9-10-14/h5-8,11H,3-4,9H2,1-2H3. The Hall–Kier alpha value is -1.49. The summed E-state index contributed by atoms with van der Waals surface area (Å²) in [5.41, 5.74) is 1.04. The van der Waals surface area contributed by atoms with E-state index in [1.807, 2.05) is 24.3 Å². The first-order valence-corrected chi connectivity index (χ1v) is 5.38. The molecule has 0 spiro atoms. The normalized spacial score (nSPS) is 11.8. The van der Waals surface area contributed by atoms with Gasteiger partial charge in [-0.3, -0.25) is 0 Å². The van der Waals surface area contributed by atoms with Gasteiger partial charge in [-0.2, -0.15) is 5.26 Å². The van der Waals surface area contributed by atoms with Crippen LogP contribution in [0.3, 0.4) is 0 Å². The maximum atomic E-state index is 8.52. The van der Waals surface area contributed by atoms with Crippen LogP contribution in [0.1, 0.15) is 32.3 Å². The number of hydrogen-bond donors (Lipinski definition) is 0. The van der Waals surface area contributed by atoms with E-state index in [-0.39, 0.29) is 6.10 Å². The SMILES string of the molecule is CCCC(C)Oc1ccc(CC#N)cc1. The zero-order valence-corrected chi connectivity index (χ0v) is 9.36. The molecular weight excluding hydrogens is 186 g/mol. The lowest BCUT2D eigenvalue weighted by molar-refractivity contribution is 0.210. The van der Waals surface area contributed by atoms with Gasteiger partial charge in [-0.1, -0.05) is 25.5 Å². The minimum Gasteiger partial charge on any atom is -0.491 e. The number of rotatable bonds is 5. The van der Waals surface area contributed by atoms with Crippen molar-refractivity contribution in [3.05, 3.63) is 29.8 Å². The van der Waals surface area contributed by atoms with E-state index < -0.39 is 0 Å². The van der Waals surface area contributed by atoms with Crippen molar-refractivity contribution in [1.29, 1.82) is 5.26 Å². The van der Waals surface area contributed by atoms with Crippen LogP contribution in [-0.4, -0.2) is 6.10 Å². The van der Waals surface area contributed by atoms with Gasteiger partial charge in [-0.05, 0) is 31.0 Å². The van der Waals surface area contributed by atoms with Crippen molar-refractivity contribution in [2.24, 2.45) is 0 Å². The quantitative estimate of drug-likeness (QED) is 0.735. The second-order valence-corrected chi connectivity index (χ2v) is 3.70. The molecule has 2 heteroatoms. The van der Waals surface area contributed by atoms with Crippen molar-refractivity contribution in [2.75, 3.05) is 0 Å². The van der Waals surface area contributed by atoms with E-state index in [4.69, 9.17) is 10.00 Å². The summed E-state index contributed by atoms with van der Waals surface area (Å²) in [7, 11) is 0. The third kappa shape index (κ3) is 4.03. The largest absolute Gasteiger partial charge is 0.491 e. The molecule has 0 fully saturated rings. The Morgan fingerprint density at radius 1 is 1.33 bits per heavy atom. The zero-order valence-electron chi connectivity index (χ0n) is 9.36. The average molecular weight is 203 g/mol. The van der Waals surface area contributed by atoms with Crippen LogP contribution in [0.5, 0.6) is 5.75 Å². The number of nitrogens with zero attached hydrogens (tertiary/aromatic N) is 1. The molecule has 0 N–H and O–H groups in total. The average Bonchev–Trinajstić information content (AvgIpc) is 2.22. The molecule has 1 aromatic carbocycles. The molecule has 1 rings (SSSR count). The Bertz CT molecular complexity index is 323. The smallest absolute Gasteiger partial charge is 0.119 e. The van der Waals surface area contributed by atoms with Crippen LogP contribution in [-0.2, 0) is 6.42 Å². The van der Waals surface area contributed by atoms with Gasteiger partial charge in [0.05, 0.1) is 18.6 Å². The van der Waals surface area contributed by atoms with Gasteiger partial charge < -0.3 is 4.74 Å². The van der Waals surface area contributed by atoms with Crippen LogP contribution >= 0.6 is 0 Å². The number of nitriles is 1. The van der Waals surface area contributed by atoms with Crippen LogP contribution in [0.2, 0.25) is 0 Å². The molecule has 0 aliphatic carbocycles. The molecule has 0 bridgehead atoms. The number of hydrogen-bond acceptors (Lipinski definition) is 2. The van der Waals surface area contributed by atoms with Gasteiger partial charge in [0.25, 0.3) is 0 Å². The molecule has 0 heterocycles. The fourth-order valence-electron chi connectivity index (χ4n) is 1.47. The van der Waals surface area contributed by atoms with Gasteiger partial charge in [-0.25, -0.2) is 0 Å². The molecule has 2 nitrogen and oxygen atoms in total. The molecule has 0 amide bonds. The highest BCUT2D eigenvalue weighted by Gasteiger charge is 2.02. The summed E-state index contributed by atoms with van der Waals surface area (Å²) >= 11 is 0. The molecule has 0 saturated carbocycles. The predicted molar refractivity (Wildman–Crippen MR) is 60.8 cm³/mol. The summed E-state index contributed by atoms with van der Waals surface area (Å²) in [6.45, 7) is 4.22. The van der Waals surface area contributed by atoms with Crippen molar-refractivity contribution in [2.45, 2.75) is 39.2 Å². The van der Waals surface area contributed by atoms with Crippen LogP contribution < -0.4 is 4.74 Å². The summed E-state index contributed by atoms with van der Waals surface area (Å²) < 4.78 is 5.70. The third-order valence-corrected chi connectivity index (χ3v) is 2.24. The lowest BCUT2D eigenvalue weighted by Crippen LogP contribution is -2.10. The van der Waals surface area contributed by atoms with E-state index in [1.54, 1.807) is 0 Å². The highest BCUT2D eigenvalue weighted by Crippen LogP contribution is 2.15. The molecule has 0 aliphatic heterocycles. The minimum absolute atomic E-state index is 0.261. The maximum Gasteiger partial charge on any atom is 0.119 e. The van der Waals surface area contributed by atoms with Crippen molar-refractivity contribution in [1.82, 2.24) is 0 Å². The van der Waals surface area contributed by atoms with Gasteiger partial charge >= 0.3 is 0 Å². The van der Waals surface area contributed by atoms with Crippen molar-refractivity contribution in [3.8, 4) is 11.8 Å². The number of ether oxygens (including phenoxy) is 1. The van der Waals surface area contributed by atoms with Crippen LogP contribution in [0.25, 0.3) is 0 Å². The highest BCUT2D eigenvalue weighted by molar-refractivity contribution is 5.28. The maximum absolute atomic E-state index is 8.52. The molecule has 80 valence electrons. The molecular formula is C13H17NO. The van der Waals surface area contributed by atoms with Gasteiger partial charge in [0.2, 0.25) is 0 Å². The van der Waals surface area contributed by atoms with Crippen LogP contribution in [0, 0.1) is 11.3 Å². The second-order valence-electron chi connectivity index (χ2n) is 3.70. The Labute approximate surface area is 91.5 Å². The fraction of sp³-hybridized carbons (Fsp3) is 0.462. The van der Waals surface area contributed by atoms with Gasteiger partial charge in [0.15, 0.2) is 0 Å². The molecule has 0 aliphatic rings. The summed E-state index contributed by atoms with van der Waals surface area (Å²) in [6, 6.07) is 9.87. The van der Waals surface area contributed by atoms with E-state index in [0.29, 0.717) is 6.42 Å². The highest BCUT2D eigenvalue weighted by atomic mass is 16.5. The third-order valence-electron chi connectivity index (χ3n) is 2.24. The zero-order chi connectivity index (χ0) is 11.1. The lowest BCUT2D eigenvalue weighted by Gasteiger charge is -2.13. The second kappa shape index (κ2) is 6.08. The minimum atomic E-state index is 0.261. The predicted octanol–water partition coefficient (Wildman–Crippen LogP) is 3.32. The first-order valence-electron chi connectivity index (χ1n) is 5.38. The molecule has 1 unspecified atom stereocenters. The van der Waals surface area contributed by atoms with E-state index in [2.05, 4.69) is 19.9 Å². The molecule has 0 aromatic heterocycles. The van der Waals surface area contributed by atoms with Gasteiger partial charge in [0, 0.05) is 0 Å². The van der Waals surface area contributed by atoms with E-state index in [1.165, 1.54) is 0 Å².